The lowest BCUT2D eigenvalue weighted by Gasteiger charge is -2.19. The van der Waals surface area contributed by atoms with E-state index < -0.39 is 0 Å². The van der Waals surface area contributed by atoms with Crippen LogP contribution in [0.15, 0.2) is 11.6 Å². The largest absolute Gasteiger partial charge is 0.305 e. The first-order valence-corrected chi connectivity index (χ1v) is 5.11. The van der Waals surface area contributed by atoms with Crippen LogP contribution in [0.2, 0.25) is 0 Å². The summed E-state index contributed by atoms with van der Waals surface area (Å²) in [5.74, 6) is 0. The predicted octanol–water partition coefficient (Wildman–Crippen LogP) is 1.59. The van der Waals surface area contributed by atoms with Crippen LogP contribution in [-0.2, 0) is 0 Å². The number of nitrogens with zero attached hydrogens (tertiary/aromatic N) is 2. The fourth-order valence-corrected chi connectivity index (χ4v) is 1.71. The highest BCUT2D eigenvalue weighted by atomic mass is 15.2. The Hall–Kier alpha value is -0.340. The van der Waals surface area contributed by atoms with Gasteiger partial charge in [-0.3, -0.25) is 4.90 Å². The van der Waals surface area contributed by atoms with Crippen molar-refractivity contribution in [1.82, 2.24) is 9.80 Å². The van der Waals surface area contributed by atoms with Crippen LogP contribution < -0.4 is 0 Å². The second-order valence-electron chi connectivity index (χ2n) is 4.45. The molecule has 13 heavy (non-hydrogen) atoms. The van der Waals surface area contributed by atoms with Gasteiger partial charge in [0.05, 0.1) is 0 Å². The molecule has 0 aliphatic carbocycles. The molecule has 0 aromatic rings. The third-order valence-corrected chi connectivity index (χ3v) is 2.74. The predicted molar refractivity (Wildman–Crippen MR) is 58.0 cm³/mol. The maximum atomic E-state index is 2.53. The number of hydrogen-bond donors (Lipinski definition) is 0. The highest BCUT2D eigenvalue weighted by Crippen LogP contribution is 2.12. The Bertz CT molecular complexity index is 181. The molecular formula is C11H22N2. The molecular weight excluding hydrogens is 160 g/mol. The molecule has 0 saturated carbocycles. The summed E-state index contributed by atoms with van der Waals surface area (Å²) < 4.78 is 0. The van der Waals surface area contributed by atoms with Gasteiger partial charge in [0.25, 0.3) is 0 Å². The summed E-state index contributed by atoms with van der Waals surface area (Å²) in [4.78, 5) is 4.86. The molecule has 0 spiro atoms. The van der Waals surface area contributed by atoms with Crippen molar-refractivity contribution in [2.24, 2.45) is 0 Å². The molecule has 1 aliphatic heterocycles. The van der Waals surface area contributed by atoms with Crippen molar-refractivity contribution in [2.45, 2.75) is 26.3 Å². The Kier molecular flexibility index (Phi) is 3.94. The van der Waals surface area contributed by atoms with Gasteiger partial charge in [0.15, 0.2) is 0 Å². The molecule has 1 rings (SSSR count). The zero-order valence-electron chi connectivity index (χ0n) is 9.38. The molecule has 2 nitrogen and oxygen atoms in total. The molecule has 0 bridgehead atoms. The van der Waals surface area contributed by atoms with Gasteiger partial charge in [-0.05, 0) is 34.4 Å². The normalized spacial score (nSPS) is 23.9. The number of likely N-dealkylation sites (N-methyl/N-ethyl adjacent to an activating group) is 1. The summed E-state index contributed by atoms with van der Waals surface area (Å²) >= 11 is 0. The standard InChI is InChI=1S/C11H22N2/c1-10(2)5-7-13-8-6-11(9-13)12(3)4/h5,11H,6-9H2,1-4H3. The minimum absolute atomic E-state index is 0.769. The topological polar surface area (TPSA) is 6.48 Å². The van der Waals surface area contributed by atoms with Crippen LogP contribution in [-0.4, -0.2) is 49.6 Å². The van der Waals surface area contributed by atoms with Gasteiger partial charge in [-0.2, -0.15) is 0 Å². The third-order valence-electron chi connectivity index (χ3n) is 2.74. The van der Waals surface area contributed by atoms with Crippen molar-refractivity contribution in [3.63, 3.8) is 0 Å². The van der Waals surface area contributed by atoms with Crippen LogP contribution >= 0.6 is 0 Å². The van der Waals surface area contributed by atoms with Crippen molar-refractivity contribution >= 4 is 0 Å². The highest BCUT2D eigenvalue weighted by Gasteiger charge is 2.22. The number of allylic oxidation sites excluding steroid dienone is 1. The Balaban J connectivity index is 2.29. The molecule has 1 aliphatic rings. The zero-order chi connectivity index (χ0) is 9.84. The van der Waals surface area contributed by atoms with E-state index in [9.17, 15) is 0 Å². The molecule has 0 radical (unpaired) electrons. The van der Waals surface area contributed by atoms with Crippen molar-refractivity contribution in [2.75, 3.05) is 33.7 Å². The average molecular weight is 182 g/mol. The maximum Gasteiger partial charge on any atom is 0.0229 e. The molecule has 1 atom stereocenters. The minimum atomic E-state index is 0.769. The van der Waals surface area contributed by atoms with Crippen LogP contribution in [0, 0.1) is 0 Å². The van der Waals surface area contributed by atoms with Crippen molar-refractivity contribution < 1.29 is 0 Å². The van der Waals surface area contributed by atoms with Crippen LogP contribution in [0.5, 0.6) is 0 Å². The first kappa shape index (κ1) is 10.7. The van der Waals surface area contributed by atoms with Gasteiger partial charge in [0, 0.05) is 25.7 Å². The molecule has 2 heteroatoms. The van der Waals surface area contributed by atoms with E-state index >= 15 is 0 Å². The van der Waals surface area contributed by atoms with E-state index in [0.717, 1.165) is 12.6 Å². The summed E-state index contributed by atoms with van der Waals surface area (Å²) in [6.07, 6.45) is 3.64. The van der Waals surface area contributed by atoms with Gasteiger partial charge in [-0.1, -0.05) is 11.6 Å². The van der Waals surface area contributed by atoms with E-state index in [1.807, 2.05) is 0 Å². The Morgan fingerprint density at radius 1 is 1.46 bits per heavy atom. The molecule has 1 fully saturated rings. The quantitative estimate of drug-likeness (QED) is 0.612. The lowest BCUT2D eigenvalue weighted by molar-refractivity contribution is 0.280. The average Bonchev–Trinajstić information content (AvgIpc) is 2.48. The lowest BCUT2D eigenvalue weighted by Crippen LogP contribution is -2.31. The molecule has 1 saturated heterocycles. The third kappa shape index (κ3) is 3.49. The summed E-state index contributed by atoms with van der Waals surface area (Å²) in [6, 6.07) is 0.769. The van der Waals surface area contributed by atoms with Crippen molar-refractivity contribution in [3.8, 4) is 0 Å². The van der Waals surface area contributed by atoms with Crippen molar-refractivity contribution in [3.05, 3.63) is 11.6 Å². The van der Waals surface area contributed by atoms with E-state index in [-0.39, 0.29) is 0 Å². The number of likely N-dealkylation sites (tertiary alicyclic amines) is 1. The molecule has 1 heterocycles. The zero-order valence-corrected chi connectivity index (χ0v) is 9.38. The molecule has 0 aromatic carbocycles. The van der Waals surface area contributed by atoms with E-state index in [4.69, 9.17) is 0 Å². The first-order valence-electron chi connectivity index (χ1n) is 5.11. The molecule has 76 valence electrons. The summed E-state index contributed by atoms with van der Waals surface area (Å²) in [5, 5.41) is 0. The lowest BCUT2D eigenvalue weighted by atomic mass is 10.2. The monoisotopic (exact) mass is 182 g/mol. The SMILES string of the molecule is CC(C)=CCN1CCC(N(C)C)C1. The van der Waals surface area contributed by atoms with Gasteiger partial charge in [0.1, 0.15) is 0 Å². The summed E-state index contributed by atoms with van der Waals surface area (Å²) in [5.41, 5.74) is 1.42. The molecule has 0 aromatic heterocycles. The second kappa shape index (κ2) is 4.77. The van der Waals surface area contributed by atoms with Crippen LogP contribution in [0.4, 0.5) is 0 Å². The maximum absolute atomic E-state index is 2.53. The Morgan fingerprint density at radius 3 is 2.62 bits per heavy atom. The summed E-state index contributed by atoms with van der Waals surface area (Å²) in [7, 11) is 4.35. The van der Waals surface area contributed by atoms with Gasteiger partial charge in [-0.25, -0.2) is 0 Å². The fourth-order valence-electron chi connectivity index (χ4n) is 1.71. The second-order valence-corrected chi connectivity index (χ2v) is 4.45. The van der Waals surface area contributed by atoms with Gasteiger partial charge < -0.3 is 4.90 Å². The number of rotatable bonds is 3. The van der Waals surface area contributed by atoms with E-state index in [1.165, 1.54) is 25.1 Å². The van der Waals surface area contributed by atoms with Crippen LogP contribution in [0.1, 0.15) is 20.3 Å². The van der Waals surface area contributed by atoms with E-state index in [0.29, 0.717) is 0 Å². The fraction of sp³-hybridized carbons (Fsp3) is 0.818. The molecule has 1 unspecified atom stereocenters. The van der Waals surface area contributed by atoms with Crippen LogP contribution in [0.3, 0.4) is 0 Å². The Morgan fingerprint density at radius 2 is 2.15 bits per heavy atom. The van der Waals surface area contributed by atoms with Gasteiger partial charge in [-0.15, -0.1) is 0 Å². The summed E-state index contributed by atoms with van der Waals surface area (Å²) in [6.45, 7) is 7.95. The minimum Gasteiger partial charge on any atom is -0.305 e. The highest BCUT2D eigenvalue weighted by molar-refractivity contribution is 4.96. The first-order chi connectivity index (χ1) is 6.09. The van der Waals surface area contributed by atoms with Gasteiger partial charge in [0.2, 0.25) is 0 Å². The molecule has 0 amide bonds. The molecule has 0 N–H and O–H groups in total. The van der Waals surface area contributed by atoms with Gasteiger partial charge >= 0.3 is 0 Å². The van der Waals surface area contributed by atoms with Crippen molar-refractivity contribution in [1.29, 1.82) is 0 Å². The number of hydrogen-bond acceptors (Lipinski definition) is 2. The van der Waals surface area contributed by atoms with E-state index in [1.54, 1.807) is 0 Å². The Labute approximate surface area is 82.2 Å². The smallest absolute Gasteiger partial charge is 0.0229 e. The van der Waals surface area contributed by atoms with E-state index in [2.05, 4.69) is 43.8 Å². The van der Waals surface area contributed by atoms with Crippen LogP contribution in [0.25, 0.3) is 0 Å².